The van der Waals surface area contributed by atoms with Crippen LogP contribution < -0.4 is 4.74 Å². The molecule has 25 heavy (non-hydrogen) atoms. The highest BCUT2D eigenvalue weighted by molar-refractivity contribution is 5.94. The van der Waals surface area contributed by atoms with Gasteiger partial charge in [-0.15, -0.1) is 0 Å². The van der Waals surface area contributed by atoms with Gasteiger partial charge in [0.05, 0.1) is 6.61 Å². The largest absolute Gasteiger partial charge is 0.435 e. The number of likely N-dealkylation sites (tertiary alicyclic amines) is 2. The molecule has 2 heterocycles. The van der Waals surface area contributed by atoms with Crippen molar-refractivity contribution in [3.05, 3.63) is 29.8 Å². The Morgan fingerprint density at radius 1 is 1.32 bits per heavy atom. The van der Waals surface area contributed by atoms with Crippen LogP contribution in [-0.2, 0) is 0 Å². The lowest BCUT2D eigenvalue weighted by Crippen LogP contribution is -2.62. The number of hydrogen-bond donors (Lipinski definition) is 1. The summed E-state index contributed by atoms with van der Waals surface area (Å²) in [7, 11) is 2.04. The van der Waals surface area contributed by atoms with E-state index in [-0.39, 0.29) is 29.7 Å². The van der Waals surface area contributed by atoms with Crippen LogP contribution in [0.3, 0.4) is 0 Å². The van der Waals surface area contributed by atoms with Gasteiger partial charge >= 0.3 is 6.61 Å². The van der Waals surface area contributed by atoms with E-state index in [0.717, 1.165) is 25.8 Å². The van der Waals surface area contributed by atoms with Crippen LogP contribution in [0.15, 0.2) is 24.3 Å². The fourth-order valence-corrected chi connectivity index (χ4v) is 4.16. The first-order valence-electron chi connectivity index (χ1n) is 8.60. The summed E-state index contributed by atoms with van der Waals surface area (Å²) < 4.78 is 28.7. The Morgan fingerprint density at radius 2 is 2.04 bits per heavy atom. The van der Waals surface area contributed by atoms with Crippen LogP contribution in [0.2, 0.25) is 0 Å². The molecule has 0 bridgehead atoms. The maximum absolute atomic E-state index is 12.8. The molecule has 2 atom stereocenters. The van der Waals surface area contributed by atoms with Crippen molar-refractivity contribution >= 4 is 5.91 Å². The molecule has 2 aliphatic heterocycles. The van der Waals surface area contributed by atoms with Crippen LogP contribution in [0.25, 0.3) is 0 Å². The number of halogens is 2. The van der Waals surface area contributed by atoms with Crippen molar-refractivity contribution in [3.63, 3.8) is 0 Å². The molecule has 2 fully saturated rings. The first-order chi connectivity index (χ1) is 11.9. The molecular formula is C18H24F2N2O3. The van der Waals surface area contributed by atoms with E-state index >= 15 is 0 Å². The van der Waals surface area contributed by atoms with Gasteiger partial charge in [-0.3, -0.25) is 4.79 Å². The minimum Gasteiger partial charge on any atom is -0.435 e. The van der Waals surface area contributed by atoms with Crippen molar-refractivity contribution in [2.24, 2.45) is 5.41 Å². The predicted octanol–water partition coefficient (Wildman–Crippen LogP) is 2.21. The average Bonchev–Trinajstić information content (AvgIpc) is 2.61. The summed E-state index contributed by atoms with van der Waals surface area (Å²) in [6, 6.07) is 5.93. The van der Waals surface area contributed by atoms with Crippen molar-refractivity contribution in [1.29, 1.82) is 0 Å². The Bertz CT molecular complexity index is 611. The van der Waals surface area contributed by atoms with Gasteiger partial charge in [-0.2, -0.15) is 8.78 Å². The molecule has 7 heteroatoms. The van der Waals surface area contributed by atoms with E-state index in [0.29, 0.717) is 18.7 Å². The first-order valence-corrected chi connectivity index (χ1v) is 8.60. The van der Waals surface area contributed by atoms with Gasteiger partial charge in [0.2, 0.25) is 0 Å². The van der Waals surface area contributed by atoms with Crippen LogP contribution in [0.1, 0.15) is 29.6 Å². The molecule has 138 valence electrons. The van der Waals surface area contributed by atoms with E-state index in [1.807, 2.05) is 7.05 Å². The number of hydrogen-bond acceptors (Lipinski definition) is 4. The van der Waals surface area contributed by atoms with Crippen molar-refractivity contribution < 1.29 is 23.4 Å². The summed E-state index contributed by atoms with van der Waals surface area (Å²) in [6.45, 7) is -0.598. The lowest BCUT2D eigenvalue weighted by molar-refractivity contribution is -0.0601. The Labute approximate surface area is 146 Å². The number of likely N-dealkylation sites (N-methyl/N-ethyl adjacent to an activating group) is 1. The zero-order valence-corrected chi connectivity index (χ0v) is 14.3. The number of nitrogens with zero attached hydrogens (tertiary/aromatic N) is 2. The molecule has 0 saturated carbocycles. The lowest BCUT2D eigenvalue weighted by Gasteiger charge is -2.53. The highest BCUT2D eigenvalue weighted by Crippen LogP contribution is 2.41. The molecule has 0 aliphatic carbocycles. The number of aliphatic hydroxyl groups is 1. The standard InChI is InChI=1S/C18H24F2N2O3/c1-21-9-2-7-18(12-23)8-10-22(11-15(18)21)16(24)13-3-5-14(6-4-13)25-17(19)20/h3-6,15,17,23H,2,7-12H2,1H3/t15-,18-/m1/s1. The number of alkyl halides is 2. The normalized spacial score (nSPS) is 27.2. The third-order valence-corrected chi connectivity index (χ3v) is 5.63. The van der Waals surface area contributed by atoms with Gasteiger partial charge in [-0.05, 0) is 57.1 Å². The highest BCUT2D eigenvalue weighted by atomic mass is 19.3. The summed E-state index contributed by atoms with van der Waals surface area (Å²) in [5.74, 6) is -0.0781. The van der Waals surface area contributed by atoms with Gasteiger partial charge < -0.3 is 19.6 Å². The van der Waals surface area contributed by atoms with Gasteiger partial charge in [0.25, 0.3) is 5.91 Å². The second-order valence-corrected chi connectivity index (χ2v) is 7.02. The van der Waals surface area contributed by atoms with Crippen LogP contribution in [0.4, 0.5) is 8.78 Å². The third kappa shape index (κ3) is 3.62. The number of carbonyl (C=O) groups excluding carboxylic acids is 1. The fraction of sp³-hybridized carbons (Fsp3) is 0.611. The van der Waals surface area contributed by atoms with Gasteiger partial charge in [0.15, 0.2) is 0 Å². The van der Waals surface area contributed by atoms with E-state index in [2.05, 4.69) is 9.64 Å². The number of benzene rings is 1. The molecule has 2 saturated heterocycles. The van der Waals surface area contributed by atoms with Crippen molar-refractivity contribution in [2.45, 2.75) is 31.9 Å². The number of ether oxygens (including phenoxy) is 1. The van der Waals surface area contributed by atoms with Crippen LogP contribution >= 0.6 is 0 Å². The first kappa shape index (κ1) is 18.1. The Balaban J connectivity index is 1.71. The smallest absolute Gasteiger partial charge is 0.387 e. The number of piperidine rings is 2. The summed E-state index contributed by atoms with van der Waals surface area (Å²) >= 11 is 0. The molecule has 0 spiro atoms. The van der Waals surface area contributed by atoms with E-state index in [1.54, 1.807) is 4.90 Å². The summed E-state index contributed by atoms with van der Waals surface area (Å²) in [5, 5.41) is 9.93. The number of carbonyl (C=O) groups is 1. The minimum absolute atomic E-state index is 0.0384. The van der Waals surface area contributed by atoms with E-state index in [1.165, 1.54) is 24.3 Å². The molecule has 5 nitrogen and oxygen atoms in total. The van der Waals surface area contributed by atoms with Crippen molar-refractivity contribution in [1.82, 2.24) is 9.80 Å². The van der Waals surface area contributed by atoms with Crippen molar-refractivity contribution in [3.8, 4) is 5.75 Å². The minimum atomic E-state index is -2.88. The third-order valence-electron chi connectivity index (χ3n) is 5.63. The quantitative estimate of drug-likeness (QED) is 0.901. The second-order valence-electron chi connectivity index (χ2n) is 7.02. The highest BCUT2D eigenvalue weighted by Gasteiger charge is 2.47. The van der Waals surface area contributed by atoms with E-state index < -0.39 is 6.61 Å². The monoisotopic (exact) mass is 354 g/mol. The number of amides is 1. The van der Waals surface area contributed by atoms with Gasteiger partial charge in [0.1, 0.15) is 5.75 Å². The van der Waals surface area contributed by atoms with Crippen LogP contribution in [0, 0.1) is 5.41 Å². The molecule has 0 unspecified atom stereocenters. The zero-order chi connectivity index (χ0) is 18.0. The number of aliphatic hydroxyl groups excluding tert-OH is 1. The molecule has 1 N–H and O–H groups in total. The SMILES string of the molecule is CN1CCC[C@]2(CO)CCN(C(=O)c3ccc(OC(F)F)cc3)C[C@@H]12. The fourth-order valence-electron chi connectivity index (χ4n) is 4.16. The van der Waals surface area contributed by atoms with E-state index in [4.69, 9.17) is 0 Å². The van der Waals surface area contributed by atoms with Gasteiger partial charge in [-0.25, -0.2) is 0 Å². The molecule has 2 aliphatic rings. The Hall–Kier alpha value is -1.73. The second kappa shape index (κ2) is 7.25. The Morgan fingerprint density at radius 3 is 2.68 bits per heavy atom. The van der Waals surface area contributed by atoms with Crippen molar-refractivity contribution in [2.75, 3.05) is 33.3 Å². The average molecular weight is 354 g/mol. The Kier molecular flexibility index (Phi) is 5.24. The molecule has 1 aromatic rings. The zero-order valence-electron chi connectivity index (χ0n) is 14.3. The summed E-state index contributed by atoms with van der Waals surface area (Å²) in [5.41, 5.74) is 0.329. The van der Waals surface area contributed by atoms with Gasteiger partial charge in [0, 0.05) is 30.1 Å². The van der Waals surface area contributed by atoms with Gasteiger partial charge in [-0.1, -0.05) is 0 Å². The summed E-state index contributed by atoms with van der Waals surface area (Å²) in [4.78, 5) is 16.8. The van der Waals surface area contributed by atoms with E-state index in [9.17, 15) is 18.7 Å². The molecule has 0 aromatic heterocycles. The maximum atomic E-state index is 12.8. The van der Waals surface area contributed by atoms with Crippen LogP contribution in [0.5, 0.6) is 5.75 Å². The predicted molar refractivity (Wildman–Crippen MR) is 88.8 cm³/mol. The van der Waals surface area contributed by atoms with Crippen LogP contribution in [-0.4, -0.2) is 66.8 Å². The number of fused-ring (bicyclic) bond motifs is 1. The topological polar surface area (TPSA) is 53.0 Å². The molecular weight excluding hydrogens is 330 g/mol. The molecule has 1 aromatic carbocycles. The molecule has 3 rings (SSSR count). The maximum Gasteiger partial charge on any atom is 0.387 e. The summed E-state index contributed by atoms with van der Waals surface area (Å²) in [6.07, 6.45) is 2.82. The number of rotatable bonds is 4. The molecule has 1 amide bonds. The lowest BCUT2D eigenvalue weighted by atomic mass is 9.69. The molecule has 0 radical (unpaired) electrons.